The van der Waals surface area contributed by atoms with Crippen molar-refractivity contribution in [1.82, 2.24) is 10.6 Å². The predicted octanol–water partition coefficient (Wildman–Crippen LogP) is 3.44. The molecule has 6 heteroatoms. The maximum Gasteiger partial charge on any atom is 0.191 e. The molecule has 0 aliphatic heterocycles. The Labute approximate surface area is 174 Å². The lowest BCUT2D eigenvalue weighted by atomic mass is 10.1. The molecule has 0 aromatic heterocycles. The summed E-state index contributed by atoms with van der Waals surface area (Å²) in [7, 11) is 4.99. The van der Waals surface area contributed by atoms with Crippen LogP contribution >= 0.6 is 0 Å². The highest BCUT2D eigenvalue weighted by molar-refractivity contribution is 5.79. The molecular weight excluding hydrogens is 366 g/mol. The van der Waals surface area contributed by atoms with E-state index in [4.69, 9.17) is 14.2 Å². The molecule has 0 bridgehead atoms. The van der Waals surface area contributed by atoms with Gasteiger partial charge in [0.25, 0.3) is 0 Å². The summed E-state index contributed by atoms with van der Waals surface area (Å²) in [5.74, 6) is 3.24. The lowest BCUT2D eigenvalue weighted by Crippen LogP contribution is -2.38. The monoisotopic (exact) mass is 399 g/mol. The lowest BCUT2D eigenvalue weighted by Gasteiger charge is -2.13. The van der Waals surface area contributed by atoms with Crippen LogP contribution < -0.4 is 24.8 Å². The first-order chi connectivity index (χ1) is 14.2. The molecule has 0 fully saturated rings. The van der Waals surface area contributed by atoms with Gasteiger partial charge >= 0.3 is 0 Å². The number of nitrogens with zero attached hydrogens (tertiary/aromatic N) is 1. The first kappa shape index (κ1) is 22.4. The Morgan fingerprint density at radius 3 is 2.38 bits per heavy atom. The highest BCUT2D eigenvalue weighted by Gasteiger charge is 2.05. The molecule has 0 aliphatic carbocycles. The highest BCUT2D eigenvalue weighted by Crippen LogP contribution is 2.27. The quantitative estimate of drug-likeness (QED) is 0.344. The molecule has 0 amide bonds. The number of methoxy groups -OCH3 is 3. The summed E-state index contributed by atoms with van der Waals surface area (Å²) >= 11 is 0. The Hall–Kier alpha value is -2.89. The Morgan fingerprint density at radius 2 is 1.66 bits per heavy atom. The topological polar surface area (TPSA) is 64.1 Å². The van der Waals surface area contributed by atoms with Gasteiger partial charge in [-0.1, -0.05) is 18.2 Å². The number of nitrogens with one attached hydrogen (secondary N) is 2. The third-order valence-corrected chi connectivity index (χ3v) is 4.53. The van der Waals surface area contributed by atoms with Crippen molar-refractivity contribution in [3.05, 3.63) is 53.6 Å². The van der Waals surface area contributed by atoms with Crippen LogP contribution in [-0.2, 0) is 12.8 Å². The minimum Gasteiger partial charge on any atom is -0.497 e. The van der Waals surface area contributed by atoms with Gasteiger partial charge in [0.05, 0.1) is 21.3 Å². The summed E-state index contributed by atoms with van der Waals surface area (Å²) in [6, 6.07) is 14.2. The van der Waals surface area contributed by atoms with Crippen LogP contribution in [0.4, 0.5) is 0 Å². The molecule has 2 rings (SSSR count). The van der Waals surface area contributed by atoms with Crippen molar-refractivity contribution >= 4 is 5.96 Å². The van der Waals surface area contributed by atoms with Crippen LogP contribution in [-0.4, -0.2) is 46.9 Å². The number of aliphatic imine (C=N–C) groups is 1. The molecule has 0 spiro atoms. The van der Waals surface area contributed by atoms with Gasteiger partial charge in [0.1, 0.15) is 5.75 Å². The van der Waals surface area contributed by atoms with E-state index in [1.54, 1.807) is 21.3 Å². The summed E-state index contributed by atoms with van der Waals surface area (Å²) in [6.07, 6.45) is 2.83. The highest BCUT2D eigenvalue weighted by atomic mass is 16.5. The molecule has 6 nitrogen and oxygen atoms in total. The molecule has 158 valence electrons. The summed E-state index contributed by atoms with van der Waals surface area (Å²) in [5.41, 5.74) is 2.45. The second-order valence-corrected chi connectivity index (χ2v) is 6.58. The number of hydrogen-bond acceptors (Lipinski definition) is 4. The van der Waals surface area contributed by atoms with Crippen molar-refractivity contribution in [3.8, 4) is 17.2 Å². The van der Waals surface area contributed by atoms with Gasteiger partial charge in [0, 0.05) is 19.6 Å². The van der Waals surface area contributed by atoms with Crippen LogP contribution in [0.25, 0.3) is 0 Å². The Balaban J connectivity index is 1.81. The number of ether oxygens (including phenoxy) is 3. The molecule has 0 saturated carbocycles. The molecule has 0 saturated heterocycles. The SMILES string of the molecule is CCNC(=NCCCc1cccc(OC)c1)NCCc1ccc(OC)c(OC)c1. The van der Waals surface area contributed by atoms with E-state index in [-0.39, 0.29) is 0 Å². The third-order valence-electron chi connectivity index (χ3n) is 4.53. The van der Waals surface area contributed by atoms with Crippen molar-refractivity contribution < 1.29 is 14.2 Å². The van der Waals surface area contributed by atoms with Crippen molar-refractivity contribution in [3.63, 3.8) is 0 Å². The fraction of sp³-hybridized carbons (Fsp3) is 0.435. The summed E-state index contributed by atoms with van der Waals surface area (Å²) in [6.45, 7) is 4.46. The van der Waals surface area contributed by atoms with Crippen LogP contribution in [0.2, 0.25) is 0 Å². The standard InChI is InChI=1S/C23H33N3O3/c1-5-24-23(25-14-7-9-18-8-6-10-20(16-18)27-2)26-15-13-19-11-12-21(28-3)22(17-19)29-4/h6,8,10-12,16-17H,5,7,9,13-15H2,1-4H3,(H2,24,25,26). The second kappa shape index (κ2) is 12.5. The number of hydrogen-bond donors (Lipinski definition) is 2. The lowest BCUT2D eigenvalue weighted by molar-refractivity contribution is 0.354. The van der Waals surface area contributed by atoms with E-state index in [1.165, 1.54) is 11.1 Å². The molecular formula is C23H33N3O3. The van der Waals surface area contributed by atoms with Crippen LogP contribution in [0.5, 0.6) is 17.2 Å². The van der Waals surface area contributed by atoms with Gasteiger partial charge in [-0.05, 0) is 61.6 Å². The van der Waals surface area contributed by atoms with Crippen molar-refractivity contribution in [2.75, 3.05) is 41.0 Å². The normalized spacial score (nSPS) is 11.1. The van der Waals surface area contributed by atoms with E-state index >= 15 is 0 Å². The molecule has 2 N–H and O–H groups in total. The number of benzene rings is 2. The third kappa shape index (κ3) is 7.56. The molecule has 2 aromatic carbocycles. The van der Waals surface area contributed by atoms with Crippen molar-refractivity contribution in [1.29, 1.82) is 0 Å². The predicted molar refractivity (Wildman–Crippen MR) is 119 cm³/mol. The largest absolute Gasteiger partial charge is 0.497 e. The first-order valence-corrected chi connectivity index (χ1v) is 10.1. The fourth-order valence-electron chi connectivity index (χ4n) is 3.01. The minimum absolute atomic E-state index is 0.746. The van der Waals surface area contributed by atoms with Crippen LogP contribution in [0, 0.1) is 0 Å². The van der Waals surface area contributed by atoms with E-state index in [0.717, 1.165) is 62.1 Å². The van der Waals surface area contributed by atoms with Crippen LogP contribution in [0.15, 0.2) is 47.5 Å². The number of guanidine groups is 1. The Bertz CT molecular complexity index is 778. The smallest absolute Gasteiger partial charge is 0.191 e. The zero-order valence-corrected chi connectivity index (χ0v) is 18.0. The van der Waals surface area contributed by atoms with E-state index in [9.17, 15) is 0 Å². The van der Waals surface area contributed by atoms with Crippen LogP contribution in [0.3, 0.4) is 0 Å². The average molecular weight is 400 g/mol. The fourth-order valence-corrected chi connectivity index (χ4v) is 3.01. The minimum atomic E-state index is 0.746. The van der Waals surface area contributed by atoms with Gasteiger partial charge in [-0.3, -0.25) is 4.99 Å². The molecule has 0 unspecified atom stereocenters. The van der Waals surface area contributed by atoms with E-state index in [1.807, 2.05) is 24.3 Å². The zero-order valence-electron chi connectivity index (χ0n) is 18.0. The average Bonchev–Trinajstić information content (AvgIpc) is 2.76. The summed E-state index contributed by atoms with van der Waals surface area (Å²) < 4.78 is 15.9. The second-order valence-electron chi connectivity index (χ2n) is 6.58. The maximum atomic E-state index is 5.37. The van der Waals surface area contributed by atoms with Gasteiger partial charge in [0.2, 0.25) is 0 Å². The van der Waals surface area contributed by atoms with E-state index < -0.39 is 0 Å². The molecule has 0 aliphatic rings. The molecule has 29 heavy (non-hydrogen) atoms. The van der Waals surface area contributed by atoms with E-state index in [2.05, 4.69) is 40.7 Å². The van der Waals surface area contributed by atoms with Gasteiger partial charge in [-0.15, -0.1) is 0 Å². The van der Waals surface area contributed by atoms with Gasteiger partial charge in [-0.25, -0.2) is 0 Å². The van der Waals surface area contributed by atoms with Gasteiger partial charge in [-0.2, -0.15) is 0 Å². The van der Waals surface area contributed by atoms with Crippen molar-refractivity contribution in [2.24, 2.45) is 4.99 Å². The Kier molecular flexibility index (Phi) is 9.69. The molecule has 0 atom stereocenters. The summed E-state index contributed by atoms with van der Waals surface area (Å²) in [4.78, 5) is 4.68. The number of rotatable bonds is 11. The van der Waals surface area contributed by atoms with Crippen molar-refractivity contribution in [2.45, 2.75) is 26.2 Å². The molecule has 2 aromatic rings. The maximum absolute atomic E-state index is 5.37. The zero-order chi connectivity index (χ0) is 20.9. The molecule has 0 radical (unpaired) electrons. The molecule has 0 heterocycles. The first-order valence-electron chi connectivity index (χ1n) is 10.1. The van der Waals surface area contributed by atoms with E-state index in [0.29, 0.717) is 0 Å². The van der Waals surface area contributed by atoms with Gasteiger partial charge < -0.3 is 24.8 Å². The summed E-state index contributed by atoms with van der Waals surface area (Å²) in [5, 5.41) is 6.70. The number of aryl methyl sites for hydroxylation is 1. The Morgan fingerprint density at radius 1 is 0.862 bits per heavy atom. The van der Waals surface area contributed by atoms with Crippen LogP contribution in [0.1, 0.15) is 24.5 Å². The van der Waals surface area contributed by atoms with Gasteiger partial charge in [0.15, 0.2) is 17.5 Å².